The van der Waals surface area contributed by atoms with Crippen molar-refractivity contribution >= 4 is 5.82 Å². The first kappa shape index (κ1) is 14.7. The van der Waals surface area contributed by atoms with E-state index >= 15 is 0 Å². The van der Waals surface area contributed by atoms with E-state index in [2.05, 4.69) is 21.0 Å². The third-order valence-electron chi connectivity index (χ3n) is 4.01. The van der Waals surface area contributed by atoms with Crippen LogP contribution in [-0.2, 0) is 0 Å². The van der Waals surface area contributed by atoms with Gasteiger partial charge >= 0.3 is 0 Å². The topological polar surface area (TPSA) is 96.3 Å². The maximum Gasteiger partial charge on any atom is 0.142 e. The Morgan fingerprint density at radius 3 is 2.64 bits per heavy atom. The lowest BCUT2D eigenvalue weighted by molar-refractivity contribution is 1.06. The lowest BCUT2D eigenvalue weighted by Gasteiger charge is -2.10. The van der Waals surface area contributed by atoms with Crippen LogP contribution in [0.15, 0.2) is 67.4 Å². The quantitative estimate of drug-likeness (QED) is 0.603. The third kappa shape index (κ3) is 2.64. The summed E-state index contributed by atoms with van der Waals surface area (Å²) >= 11 is 0. The molecule has 0 fully saturated rings. The zero-order valence-corrected chi connectivity index (χ0v) is 13.2. The molecule has 0 unspecified atom stereocenters. The largest absolute Gasteiger partial charge is 0.383 e. The van der Waals surface area contributed by atoms with Gasteiger partial charge in [-0.05, 0) is 35.9 Å². The van der Waals surface area contributed by atoms with Gasteiger partial charge in [0.05, 0.1) is 17.7 Å². The minimum atomic E-state index is 0.225. The molecule has 25 heavy (non-hydrogen) atoms. The number of rotatable bonds is 3. The lowest BCUT2D eigenvalue weighted by Crippen LogP contribution is -2.00. The van der Waals surface area contributed by atoms with Crippen LogP contribution >= 0.6 is 0 Å². The molecule has 3 N–H and O–H groups in total. The SMILES string of the molecule is N#Cc1c(-c2ccc(-n3ccnc3)cc2)cc(-c2ccc[nH]2)nc1N. The number of nitrogens with two attached hydrogens (primary N) is 1. The van der Waals surface area contributed by atoms with Gasteiger partial charge < -0.3 is 15.3 Å². The van der Waals surface area contributed by atoms with Crippen LogP contribution in [0, 0.1) is 11.3 Å². The molecule has 3 aromatic heterocycles. The van der Waals surface area contributed by atoms with Gasteiger partial charge in [0.1, 0.15) is 17.5 Å². The van der Waals surface area contributed by atoms with Gasteiger partial charge in [0, 0.05) is 29.8 Å². The number of nitrogens with one attached hydrogen (secondary N) is 1. The molecule has 0 radical (unpaired) electrons. The van der Waals surface area contributed by atoms with E-state index in [0.29, 0.717) is 11.3 Å². The van der Waals surface area contributed by atoms with Crippen LogP contribution < -0.4 is 5.73 Å². The normalized spacial score (nSPS) is 10.5. The Labute approximate surface area is 144 Å². The van der Waals surface area contributed by atoms with Crippen molar-refractivity contribution in [2.75, 3.05) is 5.73 Å². The molecule has 6 nitrogen and oxygen atoms in total. The van der Waals surface area contributed by atoms with Crippen LogP contribution in [0.25, 0.3) is 28.2 Å². The molecule has 0 saturated carbocycles. The van der Waals surface area contributed by atoms with E-state index in [0.717, 1.165) is 22.5 Å². The van der Waals surface area contributed by atoms with Gasteiger partial charge in [-0.15, -0.1) is 0 Å². The Hall–Kier alpha value is -3.85. The number of hydrogen-bond donors (Lipinski definition) is 2. The first-order chi connectivity index (χ1) is 12.3. The highest BCUT2D eigenvalue weighted by Gasteiger charge is 2.14. The number of nitrogen functional groups attached to an aromatic ring is 1. The number of anilines is 1. The summed E-state index contributed by atoms with van der Waals surface area (Å²) in [5.41, 5.74) is 10.6. The third-order valence-corrected chi connectivity index (χ3v) is 4.01. The van der Waals surface area contributed by atoms with Gasteiger partial charge in [-0.3, -0.25) is 0 Å². The first-order valence-corrected chi connectivity index (χ1v) is 7.69. The van der Waals surface area contributed by atoms with Crippen LogP contribution in [0.4, 0.5) is 5.82 Å². The van der Waals surface area contributed by atoms with Gasteiger partial charge in [-0.2, -0.15) is 5.26 Å². The number of hydrogen-bond acceptors (Lipinski definition) is 4. The fourth-order valence-corrected chi connectivity index (χ4v) is 2.76. The van der Waals surface area contributed by atoms with E-state index in [4.69, 9.17) is 5.73 Å². The smallest absolute Gasteiger partial charge is 0.142 e. The highest BCUT2D eigenvalue weighted by molar-refractivity contribution is 5.79. The van der Waals surface area contributed by atoms with E-state index < -0.39 is 0 Å². The molecule has 0 spiro atoms. The minimum Gasteiger partial charge on any atom is -0.383 e. The molecule has 120 valence electrons. The van der Waals surface area contributed by atoms with Gasteiger partial charge in [0.15, 0.2) is 0 Å². The molecule has 4 rings (SSSR count). The van der Waals surface area contributed by atoms with Crippen molar-refractivity contribution in [3.63, 3.8) is 0 Å². The number of pyridine rings is 1. The molecular weight excluding hydrogens is 312 g/mol. The van der Waals surface area contributed by atoms with Crippen molar-refractivity contribution in [1.82, 2.24) is 19.5 Å². The second-order valence-corrected chi connectivity index (χ2v) is 5.53. The number of H-pyrrole nitrogens is 1. The molecule has 0 aliphatic rings. The lowest BCUT2D eigenvalue weighted by atomic mass is 9.99. The summed E-state index contributed by atoms with van der Waals surface area (Å²) in [5.74, 6) is 0.225. The summed E-state index contributed by atoms with van der Waals surface area (Å²) in [6.07, 6.45) is 7.17. The zero-order chi connectivity index (χ0) is 17.2. The molecule has 6 heteroatoms. The number of aromatic amines is 1. The molecule has 0 aliphatic carbocycles. The average molecular weight is 326 g/mol. The molecule has 0 saturated heterocycles. The summed E-state index contributed by atoms with van der Waals surface area (Å²) in [5, 5.41) is 9.50. The van der Waals surface area contributed by atoms with Crippen molar-refractivity contribution in [3.8, 4) is 34.3 Å². The van der Waals surface area contributed by atoms with Crippen molar-refractivity contribution in [3.05, 3.63) is 72.9 Å². The second-order valence-electron chi connectivity index (χ2n) is 5.53. The highest BCUT2D eigenvalue weighted by Crippen LogP contribution is 2.31. The summed E-state index contributed by atoms with van der Waals surface area (Å²) in [7, 11) is 0. The number of imidazole rings is 1. The molecule has 0 aliphatic heterocycles. The van der Waals surface area contributed by atoms with Crippen molar-refractivity contribution in [1.29, 1.82) is 5.26 Å². The fraction of sp³-hybridized carbons (Fsp3) is 0. The standard InChI is InChI=1S/C19H14N6/c20-11-16-15(10-18(24-19(16)21)17-2-1-7-23-17)13-3-5-14(6-4-13)25-9-8-22-12-25/h1-10,12,23H,(H2,21,24). The fourth-order valence-electron chi connectivity index (χ4n) is 2.76. The van der Waals surface area contributed by atoms with Crippen LogP contribution in [0.2, 0.25) is 0 Å². The van der Waals surface area contributed by atoms with E-state index in [1.54, 1.807) is 12.5 Å². The molecule has 0 bridgehead atoms. The maximum absolute atomic E-state index is 9.50. The van der Waals surface area contributed by atoms with Gasteiger partial charge in [-0.1, -0.05) is 12.1 Å². The predicted molar refractivity (Wildman–Crippen MR) is 95.7 cm³/mol. The Balaban J connectivity index is 1.82. The van der Waals surface area contributed by atoms with Crippen molar-refractivity contribution in [2.24, 2.45) is 0 Å². The van der Waals surface area contributed by atoms with Crippen molar-refractivity contribution < 1.29 is 0 Å². The van der Waals surface area contributed by atoms with E-state index in [9.17, 15) is 5.26 Å². The Bertz CT molecular complexity index is 1040. The van der Waals surface area contributed by atoms with E-state index in [-0.39, 0.29) is 5.82 Å². The first-order valence-electron chi connectivity index (χ1n) is 7.69. The Morgan fingerprint density at radius 2 is 2.00 bits per heavy atom. The summed E-state index contributed by atoms with van der Waals surface area (Å²) < 4.78 is 1.92. The van der Waals surface area contributed by atoms with Gasteiger partial charge in [0.25, 0.3) is 0 Å². The summed E-state index contributed by atoms with van der Waals surface area (Å²) in [6.45, 7) is 0. The summed E-state index contributed by atoms with van der Waals surface area (Å²) in [6, 6.07) is 15.7. The number of nitriles is 1. The van der Waals surface area contributed by atoms with E-state index in [1.807, 2.05) is 59.4 Å². The van der Waals surface area contributed by atoms with Crippen LogP contribution in [0.1, 0.15) is 5.56 Å². The number of benzene rings is 1. The van der Waals surface area contributed by atoms with Crippen molar-refractivity contribution in [2.45, 2.75) is 0 Å². The zero-order valence-electron chi connectivity index (χ0n) is 13.2. The predicted octanol–water partition coefficient (Wildman–Crippen LogP) is 3.38. The average Bonchev–Trinajstić information content (AvgIpc) is 3.35. The highest BCUT2D eigenvalue weighted by atomic mass is 15.0. The molecule has 0 amide bonds. The van der Waals surface area contributed by atoms with E-state index in [1.165, 1.54) is 0 Å². The Kier molecular flexibility index (Phi) is 3.52. The van der Waals surface area contributed by atoms with Gasteiger partial charge in [0.2, 0.25) is 0 Å². The monoisotopic (exact) mass is 326 g/mol. The molecule has 3 heterocycles. The second kappa shape index (κ2) is 5.98. The van der Waals surface area contributed by atoms with Crippen LogP contribution in [0.3, 0.4) is 0 Å². The number of aromatic nitrogens is 4. The molecule has 1 aromatic carbocycles. The maximum atomic E-state index is 9.50. The minimum absolute atomic E-state index is 0.225. The molecule has 0 atom stereocenters. The molecular formula is C19H14N6. The Morgan fingerprint density at radius 1 is 1.16 bits per heavy atom. The van der Waals surface area contributed by atoms with Crippen LogP contribution in [-0.4, -0.2) is 19.5 Å². The summed E-state index contributed by atoms with van der Waals surface area (Å²) in [4.78, 5) is 11.5. The number of nitrogens with zero attached hydrogens (tertiary/aromatic N) is 4. The van der Waals surface area contributed by atoms with Crippen LogP contribution in [0.5, 0.6) is 0 Å². The van der Waals surface area contributed by atoms with Gasteiger partial charge in [-0.25, -0.2) is 9.97 Å². The molecule has 4 aromatic rings.